The Labute approximate surface area is 112 Å². The first kappa shape index (κ1) is 14.4. The lowest BCUT2D eigenvalue weighted by molar-refractivity contribution is 0.0634. The van der Waals surface area contributed by atoms with Crippen molar-refractivity contribution in [1.82, 2.24) is 4.98 Å². The normalized spacial score (nSPS) is 10.9. The van der Waals surface area contributed by atoms with Crippen LogP contribution in [-0.2, 0) is 4.74 Å². The molecule has 1 aromatic rings. The van der Waals surface area contributed by atoms with E-state index in [2.05, 4.69) is 26.2 Å². The van der Waals surface area contributed by atoms with Gasteiger partial charge in [0.2, 0.25) is 0 Å². The van der Waals surface area contributed by atoms with E-state index < -0.39 is 17.7 Å². The molecule has 0 aliphatic carbocycles. The van der Waals surface area contributed by atoms with Gasteiger partial charge in [-0.25, -0.2) is 14.6 Å². The van der Waals surface area contributed by atoms with Crippen LogP contribution in [0.25, 0.3) is 0 Å². The third-order valence-corrected chi connectivity index (χ3v) is 2.31. The van der Waals surface area contributed by atoms with Crippen LogP contribution in [0.5, 0.6) is 0 Å². The third kappa shape index (κ3) is 4.33. The van der Waals surface area contributed by atoms with Gasteiger partial charge in [0, 0.05) is 0 Å². The Kier molecular flexibility index (Phi) is 4.28. The monoisotopic (exact) mass is 316 g/mol. The van der Waals surface area contributed by atoms with Gasteiger partial charge in [-0.3, -0.25) is 5.32 Å². The zero-order chi connectivity index (χ0) is 13.9. The van der Waals surface area contributed by atoms with Gasteiger partial charge in [0.1, 0.15) is 15.9 Å². The number of hydrogen-bond acceptors (Lipinski definition) is 4. The van der Waals surface area contributed by atoms with Gasteiger partial charge in [0.25, 0.3) is 0 Å². The van der Waals surface area contributed by atoms with Gasteiger partial charge >= 0.3 is 12.1 Å². The summed E-state index contributed by atoms with van der Waals surface area (Å²) in [6.45, 7) is 5.23. The number of carbonyl (C=O) groups excluding carboxylic acids is 1. The van der Waals surface area contributed by atoms with Crippen molar-refractivity contribution in [3.05, 3.63) is 22.4 Å². The number of carbonyl (C=O) groups is 2. The first-order chi connectivity index (χ1) is 8.19. The van der Waals surface area contributed by atoms with Crippen LogP contribution >= 0.6 is 15.9 Å². The molecule has 0 unspecified atom stereocenters. The predicted octanol–water partition coefficient (Wildman–Crippen LogP) is 2.89. The Bertz CT molecular complexity index is 482. The maximum atomic E-state index is 11.5. The predicted molar refractivity (Wildman–Crippen MR) is 68.8 cm³/mol. The molecule has 98 valence electrons. The molecule has 0 saturated heterocycles. The van der Waals surface area contributed by atoms with E-state index in [-0.39, 0.29) is 10.3 Å². The molecule has 0 spiro atoms. The molecule has 1 amide bonds. The van der Waals surface area contributed by atoms with Crippen molar-refractivity contribution in [2.24, 2.45) is 0 Å². The molecule has 0 saturated carbocycles. The van der Waals surface area contributed by atoms with Gasteiger partial charge in [-0.15, -0.1) is 0 Å². The minimum absolute atomic E-state index is 0.114. The Morgan fingerprint density at radius 1 is 1.39 bits per heavy atom. The van der Waals surface area contributed by atoms with Crippen molar-refractivity contribution in [3.63, 3.8) is 0 Å². The number of carboxylic acid groups (broad SMARTS) is 1. The molecule has 0 radical (unpaired) electrons. The summed E-state index contributed by atoms with van der Waals surface area (Å²) >= 11 is 3.08. The van der Waals surface area contributed by atoms with Crippen LogP contribution in [0.2, 0.25) is 0 Å². The number of anilines is 1. The van der Waals surface area contributed by atoms with Crippen molar-refractivity contribution in [2.75, 3.05) is 5.32 Å². The average Bonchev–Trinajstić information content (AvgIpc) is 2.17. The van der Waals surface area contributed by atoms with Gasteiger partial charge in [0.05, 0.1) is 5.69 Å². The molecule has 1 heterocycles. The molecule has 2 N–H and O–H groups in total. The molecule has 0 atom stereocenters. The minimum atomic E-state index is -1.14. The summed E-state index contributed by atoms with van der Waals surface area (Å²) in [6, 6.07) is 2.73. The number of hydrogen-bond donors (Lipinski definition) is 2. The molecule has 7 heteroatoms. The van der Waals surface area contributed by atoms with Gasteiger partial charge in [-0.2, -0.15) is 0 Å². The van der Waals surface area contributed by atoms with Crippen LogP contribution in [0.15, 0.2) is 16.7 Å². The maximum Gasteiger partial charge on any atom is 0.412 e. The van der Waals surface area contributed by atoms with E-state index in [0.717, 1.165) is 0 Å². The fourth-order valence-electron chi connectivity index (χ4n) is 1.06. The highest BCUT2D eigenvalue weighted by Gasteiger charge is 2.17. The Hall–Kier alpha value is -1.63. The lowest BCUT2D eigenvalue weighted by Crippen LogP contribution is -2.27. The summed E-state index contributed by atoms with van der Waals surface area (Å²) in [6.07, 6.45) is -0.631. The molecule has 0 aromatic carbocycles. The van der Waals surface area contributed by atoms with E-state index in [1.54, 1.807) is 20.8 Å². The van der Waals surface area contributed by atoms with Crippen LogP contribution < -0.4 is 5.32 Å². The number of halogens is 1. The van der Waals surface area contributed by atoms with Gasteiger partial charge in [0.15, 0.2) is 0 Å². The summed E-state index contributed by atoms with van der Waals surface area (Å²) in [7, 11) is 0. The van der Waals surface area contributed by atoms with Gasteiger partial charge in [-0.1, -0.05) is 0 Å². The number of nitrogens with zero attached hydrogens (tertiary/aromatic N) is 1. The van der Waals surface area contributed by atoms with E-state index in [1.165, 1.54) is 12.1 Å². The summed E-state index contributed by atoms with van der Waals surface area (Å²) in [5.41, 5.74) is -0.379. The Morgan fingerprint density at radius 3 is 2.44 bits per heavy atom. The van der Waals surface area contributed by atoms with E-state index >= 15 is 0 Å². The van der Waals surface area contributed by atoms with Crippen LogP contribution in [0.4, 0.5) is 10.5 Å². The zero-order valence-corrected chi connectivity index (χ0v) is 11.7. The molecule has 6 nitrogen and oxygen atoms in total. The number of carboxylic acids is 1. The molecule has 1 rings (SSSR count). The maximum absolute atomic E-state index is 11.5. The quantitative estimate of drug-likeness (QED) is 0.819. The summed E-state index contributed by atoms with van der Waals surface area (Å²) in [5, 5.41) is 11.2. The Morgan fingerprint density at radius 2 is 2.00 bits per heavy atom. The second-order valence-corrected chi connectivity index (χ2v) is 5.22. The first-order valence-electron chi connectivity index (χ1n) is 5.09. The number of rotatable bonds is 2. The molecule has 0 bridgehead atoms. The first-order valence-corrected chi connectivity index (χ1v) is 5.88. The highest BCUT2D eigenvalue weighted by Crippen LogP contribution is 2.21. The van der Waals surface area contributed by atoms with Crippen molar-refractivity contribution >= 4 is 33.7 Å². The topological polar surface area (TPSA) is 88.5 Å². The van der Waals surface area contributed by atoms with Crippen molar-refractivity contribution in [3.8, 4) is 0 Å². The lowest BCUT2D eigenvalue weighted by atomic mass is 10.2. The largest absolute Gasteiger partial charge is 0.477 e. The van der Waals surface area contributed by atoms with E-state index in [9.17, 15) is 9.59 Å². The van der Waals surface area contributed by atoms with E-state index in [1.807, 2.05) is 0 Å². The fourth-order valence-corrected chi connectivity index (χ4v) is 1.48. The number of ether oxygens (including phenoxy) is 1. The second-order valence-electron chi connectivity index (χ2n) is 4.47. The number of nitrogens with one attached hydrogen (secondary N) is 1. The number of amides is 1. The summed E-state index contributed by atoms with van der Waals surface area (Å²) < 4.78 is 5.29. The van der Waals surface area contributed by atoms with E-state index in [4.69, 9.17) is 9.84 Å². The smallest absolute Gasteiger partial charge is 0.412 e. The number of aromatic nitrogens is 1. The summed E-state index contributed by atoms with van der Waals surface area (Å²) in [4.78, 5) is 25.9. The summed E-state index contributed by atoms with van der Waals surface area (Å²) in [5.74, 6) is -1.14. The highest BCUT2D eigenvalue weighted by atomic mass is 79.9. The van der Waals surface area contributed by atoms with Crippen LogP contribution in [0, 0.1) is 0 Å². The molecule has 0 fully saturated rings. The fraction of sp³-hybridized carbons (Fsp3) is 0.364. The molecular weight excluding hydrogens is 304 g/mol. The molecule has 0 aliphatic heterocycles. The van der Waals surface area contributed by atoms with Crippen molar-refractivity contribution < 1.29 is 19.4 Å². The molecule has 1 aromatic heterocycles. The van der Waals surface area contributed by atoms with Crippen LogP contribution in [0.1, 0.15) is 31.3 Å². The van der Waals surface area contributed by atoms with Crippen LogP contribution in [-0.4, -0.2) is 27.8 Å². The van der Waals surface area contributed by atoms with Crippen LogP contribution in [0.3, 0.4) is 0 Å². The average molecular weight is 317 g/mol. The second kappa shape index (κ2) is 5.34. The van der Waals surface area contributed by atoms with Gasteiger partial charge < -0.3 is 9.84 Å². The standard InChI is InChI=1S/C11H13BrN2O4/c1-11(2,3)18-10(17)14-6-4-5-7(9(15)16)13-8(6)12/h4-5H,1-3H3,(H,14,17)(H,15,16). The van der Waals surface area contributed by atoms with Crippen molar-refractivity contribution in [1.29, 1.82) is 0 Å². The number of pyridine rings is 1. The highest BCUT2D eigenvalue weighted by molar-refractivity contribution is 9.10. The third-order valence-electron chi connectivity index (χ3n) is 1.70. The van der Waals surface area contributed by atoms with Crippen molar-refractivity contribution in [2.45, 2.75) is 26.4 Å². The minimum Gasteiger partial charge on any atom is -0.477 e. The van der Waals surface area contributed by atoms with E-state index in [0.29, 0.717) is 5.69 Å². The Balaban J connectivity index is 2.80. The molecule has 0 aliphatic rings. The lowest BCUT2D eigenvalue weighted by Gasteiger charge is -2.19. The zero-order valence-electron chi connectivity index (χ0n) is 10.2. The SMILES string of the molecule is CC(C)(C)OC(=O)Nc1ccc(C(=O)O)nc1Br. The molecule has 18 heavy (non-hydrogen) atoms. The number of aromatic carboxylic acids is 1. The molecular formula is C11H13BrN2O4. The van der Waals surface area contributed by atoms with Gasteiger partial charge in [-0.05, 0) is 48.8 Å².